The minimum Gasteiger partial charge on any atom is -0.378 e. The molecule has 186 valence electrons. The Balaban J connectivity index is 1.23. The van der Waals surface area contributed by atoms with Crippen LogP contribution in [0.3, 0.4) is 0 Å². The SMILES string of the molecule is Nc1nc(-c2ccc3c(c2)ncn3-c2ccnc(NCCc3ccccc3)n2)cc(N2CCOCC2)n1. The van der Waals surface area contributed by atoms with Crippen molar-refractivity contribution in [1.82, 2.24) is 29.5 Å². The molecule has 0 radical (unpaired) electrons. The summed E-state index contributed by atoms with van der Waals surface area (Å²) in [5.41, 5.74) is 10.8. The Hall–Kier alpha value is -4.57. The van der Waals surface area contributed by atoms with Gasteiger partial charge in [0.05, 0.1) is 29.9 Å². The fourth-order valence-electron chi connectivity index (χ4n) is 4.44. The first-order valence-electron chi connectivity index (χ1n) is 12.3. The Morgan fingerprint density at radius 2 is 1.76 bits per heavy atom. The summed E-state index contributed by atoms with van der Waals surface area (Å²) in [4.78, 5) is 24.8. The van der Waals surface area contributed by atoms with E-state index in [0.717, 1.165) is 60.0 Å². The van der Waals surface area contributed by atoms with Crippen molar-refractivity contribution in [3.63, 3.8) is 0 Å². The molecule has 10 nitrogen and oxygen atoms in total. The Kier molecular flexibility index (Phi) is 6.30. The molecule has 0 bridgehead atoms. The predicted octanol–water partition coefficient (Wildman–Crippen LogP) is 3.35. The van der Waals surface area contributed by atoms with Crippen molar-refractivity contribution in [2.45, 2.75) is 6.42 Å². The quantitative estimate of drug-likeness (QED) is 0.352. The summed E-state index contributed by atoms with van der Waals surface area (Å²) >= 11 is 0. The number of aromatic nitrogens is 6. The Bertz CT molecular complexity index is 1510. The summed E-state index contributed by atoms with van der Waals surface area (Å²) in [6.07, 6.45) is 4.42. The first-order valence-corrected chi connectivity index (χ1v) is 12.3. The lowest BCUT2D eigenvalue weighted by molar-refractivity contribution is 0.122. The van der Waals surface area contributed by atoms with Crippen molar-refractivity contribution in [2.24, 2.45) is 0 Å². The highest BCUT2D eigenvalue weighted by Gasteiger charge is 2.16. The second kappa shape index (κ2) is 10.2. The fourth-order valence-corrected chi connectivity index (χ4v) is 4.44. The summed E-state index contributed by atoms with van der Waals surface area (Å²) in [5.74, 6) is 2.38. The maximum Gasteiger partial charge on any atom is 0.224 e. The number of rotatable bonds is 7. The number of nitrogens with zero attached hydrogens (tertiary/aromatic N) is 7. The van der Waals surface area contributed by atoms with Crippen LogP contribution in [-0.4, -0.2) is 62.3 Å². The molecule has 3 aromatic heterocycles. The zero-order valence-corrected chi connectivity index (χ0v) is 20.3. The van der Waals surface area contributed by atoms with Crippen LogP contribution in [0.15, 0.2) is 73.2 Å². The first kappa shape index (κ1) is 22.9. The Morgan fingerprint density at radius 3 is 2.62 bits per heavy atom. The van der Waals surface area contributed by atoms with Crippen LogP contribution in [0, 0.1) is 0 Å². The Labute approximate surface area is 214 Å². The van der Waals surface area contributed by atoms with E-state index in [2.05, 4.69) is 42.3 Å². The van der Waals surface area contributed by atoms with Gasteiger partial charge in [-0.05, 0) is 30.2 Å². The topological polar surface area (TPSA) is 120 Å². The maximum atomic E-state index is 6.06. The van der Waals surface area contributed by atoms with Crippen LogP contribution in [-0.2, 0) is 11.2 Å². The van der Waals surface area contributed by atoms with Crippen LogP contribution in [0.4, 0.5) is 17.7 Å². The molecule has 4 heterocycles. The molecule has 3 N–H and O–H groups in total. The third-order valence-electron chi connectivity index (χ3n) is 6.34. The number of nitrogen functional groups attached to an aromatic ring is 1. The standard InChI is InChI=1S/C27H27N9O/c28-26-32-21(17-25(33-26)35-12-14-37-15-13-35)20-6-7-23-22(16-20)31-18-36(23)24-9-11-30-27(34-24)29-10-8-19-4-2-1-3-5-19/h1-7,9,11,16-18H,8,10,12-15H2,(H2,28,32,33)(H,29,30,34). The molecule has 0 unspecified atom stereocenters. The van der Waals surface area contributed by atoms with E-state index in [1.807, 2.05) is 53.1 Å². The molecule has 1 fully saturated rings. The molecule has 6 rings (SSSR count). The predicted molar refractivity (Wildman–Crippen MR) is 144 cm³/mol. The van der Waals surface area contributed by atoms with Gasteiger partial charge in [0.2, 0.25) is 11.9 Å². The van der Waals surface area contributed by atoms with Gasteiger partial charge in [-0.1, -0.05) is 36.4 Å². The van der Waals surface area contributed by atoms with Gasteiger partial charge in [-0.3, -0.25) is 4.57 Å². The highest BCUT2D eigenvalue weighted by molar-refractivity contribution is 5.83. The summed E-state index contributed by atoms with van der Waals surface area (Å²) < 4.78 is 7.41. The van der Waals surface area contributed by atoms with Crippen molar-refractivity contribution in [3.05, 3.63) is 78.8 Å². The average molecular weight is 494 g/mol. The molecule has 0 atom stereocenters. The molecule has 1 aliphatic heterocycles. The molecule has 37 heavy (non-hydrogen) atoms. The minimum absolute atomic E-state index is 0.248. The number of nitrogens with two attached hydrogens (primary N) is 1. The smallest absolute Gasteiger partial charge is 0.224 e. The molecule has 1 aliphatic rings. The van der Waals surface area contributed by atoms with Gasteiger partial charge in [0, 0.05) is 37.5 Å². The van der Waals surface area contributed by atoms with Crippen LogP contribution < -0.4 is 16.0 Å². The lowest BCUT2D eigenvalue weighted by atomic mass is 10.1. The first-order chi connectivity index (χ1) is 18.2. The van der Waals surface area contributed by atoms with E-state index >= 15 is 0 Å². The molecule has 5 aromatic rings. The van der Waals surface area contributed by atoms with Crippen LogP contribution in [0.25, 0.3) is 28.1 Å². The minimum atomic E-state index is 0.248. The van der Waals surface area contributed by atoms with Crippen molar-refractivity contribution in [3.8, 4) is 17.1 Å². The monoisotopic (exact) mass is 493 g/mol. The normalized spacial score (nSPS) is 13.7. The highest BCUT2D eigenvalue weighted by atomic mass is 16.5. The molecule has 0 amide bonds. The summed E-state index contributed by atoms with van der Waals surface area (Å²) in [6, 6.07) is 20.2. The number of hydrogen-bond acceptors (Lipinski definition) is 9. The van der Waals surface area contributed by atoms with E-state index in [4.69, 9.17) is 15.5 Å². The van der Waals surface area contributed by atoms with Crippen LogP contribution >= 0.6 is 0 Å². The number of imidazole rings is 1. The second-order valence-electron chi connectivity index (χ2n) is 8.79. The molecule has 0 aliphatic carbocycles. The van der Waals surface area contributed by atoms with Crippen LogP contribution in [0.2, 0.25) is 0 Å². The number of morpholine rings is 1. The van der Waals surface area contributed by atoms with E-state index in [1.165, 1.54) is 5.56 Å². The number of benzene rings is 2. The number of ether oxygens (including phenoxy) is 1. The van der Waals surface area contributed by atoms with E-state index in [0.29, 0.717) is 19.2 Å². The third-order valence-corrected chi connectivity index (χ3v) is 6.34. The van der Waals surface area contributed by atoms with Crippen molar-refractivity contribution >= 4 is 28.7 Å². The molecule has 0 spiro atoms. The van der Waals surface area contributed by atoms with Gasteiger partial charge in [-0.2, -0.15) is 9.97 Å². The zero-order chi connectivity index (χ0) is 25.0. The van der Waals surface area contributed by atoms with Crippen molar-refractivity contribution in [2.75, 3.05) is 48.8 Å². The molecule has 0 saturated carbocycles. The van der Waals surface area contributed by atoms with Gasteiger partial charge >= 0.3 is 0 Å². The second-order valence-corrected chi connectivity index (χ2v) is 8.79. The number of hydrogen-bond donors (Lipinski definition) is 2. The molecular formula is C27H27N9O. The summed E-state index contributed by atoms with van der Waals surface area (Å²) in [6.45, 7) is 3.66. The lowest BCUT2D eigenvalue weighted by Gasteiger charge is -2.28. The van der Waals surface area contributed by atoms with Crippen molar-refractivity contribution < 1.29 is 4.74 Å². The fraction of sp³-hybridized carbons (Fsp3) is 0.222. The zero-order valence-electron chi connectivity index (χ0n) is 20.3. The van der Waals surface area contributed by atoms with Gasteiger partial charge in [-0.25, -0.2) is 15.0 Å². The van der Waals surface area contributed by atoms with E-state index in [-0.39, 0.29) is 5.95 Å². The Morgan fingerprint density at radius 1 is 0.892 bits per heavy atom. The number of anilines is 3. The maximum absolute atomic E-state index is 6.06. The van der Waals surface area contributed by atoms with Gasteiger partial charge in [0.1, 0.15) is 18.0 Å². The van der Waals surface area contributed by atoms with E-state index in [1.54, 1.807) is 12.5 Å². The summed E-state index contributed by atoms with van der Waals surface area (Å²) in [5, 5.41) is 3.32. The number of nitrogens with one attached hydrogen (secondary N) is 1. The van der Waals surface area contributed by atoms with Gasteiger partial charge < -0.3 is 20.7 Å². The highest BCUT2D eigenvalue weighted by Crippen LogP contribution is 2.27. The van der Waals surface area contributed by atoms with Gasteiger partial charge in [-0.15, -0.1) is 0 Å². The van der Waals surface area contributed by atoms with Crippen molar-refractivity contribution in [1.29, 1.82) is 0 Å². The molecule has 1 saturated heterocycles. The summed E-state index contributed by atoms with van der Waals surface area (Å²) in [7, 11) is 0. The van der Waals surface area contributed by atoms with E-state index in [9.17, 15) is 0 Å². The third kappa shape index (κ3) is 5.05. The average Bonchev–Trinajstić information content (AvgIpc) is 3.37. The van der Waals surface area contributed by atoms with E-state index < -0.39 is 0 Å². The largest absolute Gasteiger partial charge is 0.378 e. The van der Waals surface area contributed by atoms with Crippen LogP contribution in [0.1, 0.15) is 5.56 Å². The molecule has 10 heteroatoms. The number of fused-ring (bicyclic) bond motifs is 1. The molecule has 2 aromatic carbocycles. The van der Waals surface area contributed by atoms with Gasteiger partial charge in [0.25, 0.3) is 0 Å². The molecular weight excluding hydrogens is 466 g/mol. The lowest BCUT2D eigenvalue weighted by Crippen LogP contribution is -2.36. The van der Waals surface area contributed by atoms with Crippen LogP contribution in [0.5, 0.6) is 0 Å². The van der Waals surface area contributed by atoms with Gasteiger partial charge in [0.15, 0.2) is 0 Å².